The van der Waals surface area contributed by atoms with Crippen LogP contribution in [0, 0.1) is 0 Å². The van der Waals surface area contributed by atoms with Crippen LogP contribution in [-0.2, 0) is 21.3 Å². The van der Waals surface area contributed by atoms with Crippen molar-refractivity contribution in [1.29, 1.82) is 0 Å². The summed E-state index contributed by atoms with van der Waals surface area (Å²) in [5.74, 6) is -0.143. The lowest BCUT2D eigenvalue weighted by molar-refractivity contribution is 0.102. The van der Waals surface area contributed by atoms with Crippen LogP contribution < -0.4 is 5.32 Å². The van der Waals surface area contributed by atoms with Crippen LogP contribution in [0.2, 0.25) is 0 Å². The van der Waals surface area contributed by atoms with Crippen molar-refractivity contribution in [2.24, 2.45) is 0 Å². The Hall–Kier alpha value is -2.45. The Morgan fingerprint density at radius 3 is 2.42 bits per heavy atom. The van der Waals surface area contributed by atoms with Gasteiger partial charge in [-0.15, -0.1) is 0 Å². The zero-order chi connectivity index (χ0) is 18.3. The van der Waals surface area contributed by atoms with E-state index in [0.717, 1.165) is 10.2 Å². The molecule has 3 aromatic rings. The van der Waals surface area contributed by atoms with Crippen LogP contribution in [-0.4, -0.2) is 24.1 Å². The number of hydrogen-bond donors (Lipinski definition) is 1. The smallest absolute Gasteiger partial charge is 0.256 e. The molecule has 1 N–H and O–H groups in total. The second-order valence-electron chi connectivity index (χ2n) is 6.01. The molecule has 0 spiro atoms. The Balaban J connectivity index is 1.76. The number of fused-ring (bicyclic) bond motifs is 1. The van der Waals surface area contributed by atoms with Crippen LogP contribution in [0.3, 0.4) is 0 Å². The zero-order valence-electron chi connectivity index (χ0n) is 13.5. The molecule has 0 fully saturated rings. The number of rotatable bonds is 3. The maximum absolute atomic E-state index is 12.7. The van der Waals surface area contributed by atoms with Crippen molar-refractivity contribution in [3.8, 4) is 5.69 Å². The highest BCUT2D eigenvalue weighted by Gasteiger charge is 2.33. The lowest BCUT2D eigenvalue weighted by Gasteiger charge is -2.11. The van der Waals surface area contributed by atoms with Crippen molar-refractivity contribution in [3.63, 3.8) is 0 Å². The van der Waals surface area contributed by atoms with Crippen LogP contribution >= 0.6 is 15.9 Å². The minimum atomic E-state index is -3.22. The molecule has 1 amide bonds. The van der Waals surface area contributed by atoms with E-state index in [1.807, 2.05) is 30.3 Å². The van der Waals surface area contributed by atoms with Gasteiger partial charge in [0.2, 0.25) is 0 Å². The van der Waals surface area contributed by atoms with Gasteiger partial charge in [-0.1, -0.05) is 34.1 Å². The summed E-state index contributed by atoms with van der Waals surface area (Å²) >= 11 is 3.34. The Morgan fingerprint density at radius 1 is 1.04 bits per heavy atom. The molecule has 4 rings (SSSR count). The first-order chi connectivity index (χ1) is 12.4. The lowest BCUT2D eigenvalue weighted by Crippen LogP contribution is -2.16. The lowest BCUT2D eigenvalue weighted by atomic mass is 10.2. The van der Waals surface area contributed by atoms with Gasteiger partial charge < -0.3 is 5.32 Å². The third-order valence-corrected chi connectivity index (χ3v) is 6.10. The monoisotopic (exact) mass is 431 g/mol. The highest BCUT2D eigenvalue weighted by Crippen LogP contribution is 2.33. The third kappa shape index (κ3) is 3.17. The van der Waals surface area contributed by atoms with E-state index >= 15 is 0 Å². The Bertz CT molecular complexity index is 1090. The van der Waals surface area contributed by atoms with Crippen LogP contribution in [0.15, 0.2) is 59.1 Å². The summed E-state index contributed by atoms with van der Waals surface area (Å²) in [6.45, 7) is 0. The summed E-state index contributed by atoms with van der Waals surface area (Å²) in [5, 5.41) is 7.28. The standard InChI is InChI=1S/C18H14BrN3O3S/c19-13-8-6-12(7-9-13)18(23)20-17-15-10-26(24,25)11-16(15)21-22(17)14-4-2-1-3-5-14/h1-9H,10-11H2,(H,20,23). The van der Waals surface area contributed by atoms with E-state index in [0.29, 0.717) is 22.6 Å². The summed E-state index contributed by atoms with van der Waals surface area (Å²) in [5.41, 5.74) is 2.27. The number of hydrogen-bond acceptors (Lipinski definition) is 4. The molecule has 0 saturated heterocycles. The Morgan fingerprint density at radius 2 is 1.73 bits per heavy atom. The largest absolute Gasteiger partial charge is 0.306 e. The van der Waals surface area contributed by atoms with Crippen molar-refractivity contribution < 1.29 is 13.2 Å². The number of carbonyl (C=O) groups excluding carboxylic acids is 1. The molecule has 1 aliphatic heterocycles. The minimum absolute atomic E-state index is 0.108. The quantitative estimate of drug-likeness (QED) is 0.689. The summed E-state index contributed by atoms with van der Waals surface area (Å²) in [4.78, 5) is 12.7. The van der Waals surface area contributed by atoms with Crippen molar-refractivity contribution >= 4 is 37.5 Å². The molecular weight excluding hydrogens is 418 g/mol. The first kappa shape index (κ1) is 17.0. The first-order valence-corrected chi connectivity index (χ1v) is 10.5. The van der Waals surface area contributed by atoms with Gasteiger partial charge in [0.25, 0.3) is 5.91 Å². The molecule has 26 heavy (non-hydrogen) atoms. The van der Waals surface area contributed by atoms with E-state index in [-0.39, 0.29) is 17.4 Å². The molecule has 132 valence electrons. The molecular formula is C18H14BrN3O3S. The van der Waals surface area contributed by atoms with Gasteiger partial charge in [0.1, 0.15) is 5.82 Å². The van der Waals surface area contributed by atoms with E-state index in [1.54, 1.807) is 28.9 Å². The average Bonchev–Trinajstić information content (AvgIpc) is 3.09. The number of carbonyl (C=O) groups is 1. The highest BCUT2D eigenvalue weighted by atomic mass is 79.9. The Labute approximate surface area is 158 Å². The Kier molecular flexibility index (Phi) is 4.16. The number of aromatic nitrogens is 2. The third-order valence-electron chi connectivity index (χ3n) is 4.13. The fourth-order valence-electron chi connectivity index (χ4n) is 2.91. The molecule has 1 aliphatic rings. The van der Waals surface area contributed by atoms with Crippen molar-refractivity contribution in [3.05, 3.63) is 75.9 Å². The topological polar surface area (TPSA) is 81.1 Å². The van der Waals surface area contributed by atoms with E-state index in [1.165, 1.54) is 0 Å². The van der Waals surface area contributed by atoms with E-state index in [9.17, 15) is 13.2 Å². The van der Waals surface area contributed by atoms with Crippen LogP contribution in [0.5, 0.6) is 0 Å². The van der Waals surface area contributed by atoms with E-state index < -0.39 is 9.84 Å². The summed E-state index contributed by atoms with van der Waals surface area (Å²) in [6, 6.07) is 16.2. The predicted molar refractivity (Wildman–Crippen MR) is 102 cm³/mol. The van der Waals surface area contributed by atoms with Crippen molar-refractivity contribution in [2.45, 2.75) is 11.5 Å². The number of halogens is 1. The van der Waals surface area contributed by atoms with Crippen molar-refractivity contribution in [2.75, 3.05) is 5.32 Å². The molecule has 0 aliphatic carbocycles. The van der Waals surface area contributed by atoms with Gasteiger partial charge in [-0.3, -0.25) is 4.79 Å². The number of sulfone groups is 1. The second-order valence-corrected chi connectivity index (χ2v) is 8.99. The van der Waals surface area contributed by atoms with Crippen molar-refractivity contribution in [1.82, 2.24) is 9.78 Å². The molecule has 0 atom stereocenters. The van der Waals surface area contributed by atoms with Crippen LogP contribution in [0.4, 0.5) is 5.82 Å². The molecule has 0 saturated carbocycles. The number of anilines is 1. The minimum Gasteiger partial charge on any atom is -0.306 e. The summed E-state index contributed by atoms with van der Waals surface area (Å²) in [7, 11) is -3.22. The predicted octanol–water partition coefficient (Wildman–Crippen LogP) is 3.32. The van der Waals surface area contributed by atoms with Gasteiger partial charge >= 0.3 is 0 Å². The first-order valence-electron chi connectivity index (χ1n) is 7.86. The SMILES string of the molecule is O=C(Nc1c2c(nn1-c1ccccc1)CS(=O)(=O)C2)c1ccc(Br)cc1. The highest BCUT2D eigenvalue weighted by molar-refractivity contribution is 9.10. The van der Waals surface area contributed by atoms with Crippen LogP contribution in [0.1, 0.15) is 21.6 Å². The number of benzene rings is 2. The number of para-hydroxylation sites is 1. The van der Waals surface area contributed by atoms with Crippen LogP contribution in [0.25, 0.3) is 5.69 Å². The van der Waals surface area contributed by atoms with Gasteiger partial charge in [0.05, 0.1) is 22.9 Å². The van der Waals surface area contributed by atoms with Gasteiger partial charge in [-0.2, -0.15) is 5.10 Å². The molecule has 0 bridgehead atoms. The maximum Gasteiger partial charge on any atom is 0.256 e. The zero-order valence-corrected chi connectivity index (χ0v) is 15.9. The molecule has 8 heteroatoms. The molecule has 6 nitrogen and oxygen atoms in total. The maximum atomic E-state index is 12.7. The fraction of sp³-hybridized carbons (Fsp3) is 0.111. The number of nitrogens with zero attached hydrogens (tertiary/aromatic N) is 2. The molecule has 2 heterocycles. The molecule has 1 aromatic heterocycles. The van der Waals surface area contributed by atoms with Gasteiger partial charge in [-0.05, 0) is 36.4 Å². The molecule has 2 aromatic carbocycles. The second kappa shape index (κ2) is 6.37. The van der Waals surface area contributed by atoms with E-state index in [4.69, 9.17) is 0 Å². The van der Waals surface area contributed by atoms with E-state index in [2.05, 4.69) is 26.3 Å². The average molecular weight is 432 g/mol. The van der Waals surface area contributed by atoms with Gasteiger partial charge in [-0.25, -0.2) is 13.1 Å². The normalized spacial score (nSPS) is 14.8. The summed E-state index contributed by atoms with van der Waals surface area (Å²) in [6.07, 6.45) is 0. The molecule has 0 radical (unpaired) electrons. The number of nitrogens with one attached hydrogen (secondary N) is 1. The van der Waals surface area contributed by atoms with Gasteiger partial charge in [0, 0.05) is 15.6 Å². The van der Waals surface area contributed by atoms with Gasteiger partial charge in [0.15, 0.2) is 9.84 Å². The number of amides is 1. The molecule has 0 unspecified atom stereocenters. The fourth-order valence-corrected chi connectivity index (χ4v) is 4.67. The summed E-state index contributed by atoms with van der Waals surface area (Å²) < 4.78 is 26.4.